The lowest BCUT2D eigenvalue weighted by Crippen LogP contribution is -2.51. The number of anilines is 2. The molecule has 1 saturated heterocycles. The molecule has 174 valence electrons. The van der Waals surface area contributed by atoms with E-state index in [2.05, 4.69) is 16.0 Å². The Bertz CT molecular complexity index is 1320. The summed E-state index contributed by atoms with van der Waals surface area (Å²) in [5, 5.41) is 28.4. The van der Waals surface area contributed by atoms with Gasteiger partial charge in [-0.05, 0) is 31.2 Å². The van der Waals surface area contributed by atoms with Gasteiger partial charge in [-0.3, -0.25) is 16.1 Å². The second-order valence-electron chi connectivity index (χ2n) is 7.85. The zero-order valence-electron chi connectivity index (χ0n) is 18.1. The number of pyridine rings is 2. The third-order valence-electron chi connectivity index (χ3n) is 5.46. The average molecular weight is 498 g/mol. The molecule has 3 aromatic rings. The number of aliphatic hydroxyl groups is 1. The van der Waals surface area contributed by atoms with Crippen LogP contribution in [0.3, 0.4) is 0 Å². The van der Waals surface area contributed by atoms with Crippen LogP contribution < -0.4 is 21.1 Å². The van der Waals surface area contributed by atoms with Crippen molar-refractivity contribution >= 4 is 40.4 Å². The van der Waals surface area contributed by atoms with Gasteiger partial charge in [0.1, 0.15) is 17.6 Å². The molecule has 0 aliphatic carbocycles. The second kappa shape index (κ2) is 9.44. The molecule has 1 fully saturated rings. The van der Waals surface area contributed by atoms with E-state index in [9.17, 15) is 10.4 Å². The Labute approximate surface area is 206 Å². The van der Waals surface area contributed by atoms with E-state index in [4.69, 9.17) is 44.8 Å². The van der Waals surface area contributed by atoms with Crippen molar-refractivity contribution in [3.05, 3.63) is 74.7 Å². The molecule has 11 heteroatoms. The number of nitrogens with two attached hydrogens (primary N) is 2. The quantitative estimate of drug-likeness (QED) is 0.229. The fraction of sp³-hybridized carbons (Fsp3) is 0.217. The maximum atomic E-state index is 9.57. The molecule has 6 N–H and O–H groups in total. The van der Waals surface area contributed by atoms with E-state index in [0.717, 1.165) is 0 Å². The number of rotatable bonds is 6. The highest BCUT2D eigenvalue weighted by Gasteiger charge is 2.28. The number of hydrogen-bond acceptors (Lipinski definition) is 9. The Morgan fingerprint density at radius 1 is 1.29 bits per heavy atom. The molecule has 0 radical (unpaired) electrons. The number of hydrogen-bond donors (Lipinski definition) is 4. The molecule has 3 heterocycles. The summed E-state index contributed by atoms with van der Waals surface area (Å²) in [4.78, 5) is 10.2. The van der Waals surface area contributed by atoms with Crippen molar-refractivity contribution in [3.8, 4) is 11.8 Å². The van der Waals surface area contributed by atoms with Crippen LogP contribution in [0.2, 0.25) is 10.0 Å². The van der Waals surface area contributed by atoms with Crippen LogP contribution in [0.4, 0.5) is 11.5 Å². The number of nitrogens with one attached hydrogen (secondary N) is 1. The highest BCUT2D eigenvalue weighted by atomic mass is 35.5. The van der Waals surface area contributed by atoms with Crippen molar-refractivity contribution in [3.63, 3.8) is 0 Å². The van der Waals surface area contributed by atoms with E-state index in [-0.39, 0.29) is 10.7 Å². The Kier molecular flexibility index (Phi) is 6.59. The molecule has 0 bridgehead atoms. The number of nitrogens with zero attached hydrogens (tertiary/aromatic N) is 4. The van der Waals surface area contributed by atoms with E-state index in [1.165, 1.54) is 12.4 Å². The van der Waals surface area contributed by atoms with Crippen molar-refractivity contribution in [2.24, 2.45) is 5.73 Å². The first kappa shape index (κ1) is 23.7. The van der Waals surface area contributed by atoms with Crippen LogP contribution >= 0.6 is 23.2 Å². The molecular weight excluding hydrogens is 477 g/mol. The number of benzene rings is 1. The number of ether oxygens (including phenoxy) is 1. The van der Waals surface area contributed by atoms with Gasteiger partial charge < -0.3 is 20.5 Å². The molecule has 4 rings (SSSR count). The fourth-order valence-corrected chi connectivity index (χ4v) is 4.14. The van der Waals surface area contributed by atoms with Gasteiger partial charge in [0.05, 0.1) is 33.1 Å². The summed E-state index contributed by atoms with van der Waals surface area (Å²) in [6.07, 6.45) is 1.54. The lowest BCUT2D eigenvalue weighted by Gasteiger charge is -2.37. The van der Waals surface area contributed by atoms with E-state index < -0.39 is 12.3 Å². The molecule has 2 aromatic heterocycles. The standard InChI is InChI=1S/C23H21Cl2N7O2/c1-11-20(25)19(17(24)8-30-11)22(29)34-15-2-3-18(27)16(5-15)21(28)13-4-12(6-26)23(31-7-13)32-9-14(33)10-32/h2-5,7-8,14,22,28,33H,9-10,27,29H2,1H3/t22-/m0/s1. The number of nitriles is 1. The smallest absolute Gasteiger partial charge is 0.177 e. The zero-order valence-corrected chi connectivity index (χ0v) is 19.6. The van der Waals surface area contributed by atoms with Gasteiger partial charge in [-0.1, -0.05) is 23.2 Å². The number of halogens is 2. The maximum Gasteiger partial charge on any atom is 0.177 e. The lowest BCUT2D eigenvalue weighted by atomic mass is 10.00. The number of aliphatic hydroxyl groups excluding tert-OH is 1. The number of aryl methyl sites for hydroxylation is 1. The summed E-state index contributed by atoms with van der Waals surface area (Å²) < 4.78 is 5.86. The van der Waals surface area contributed by atoms with Gasteiger partial charge in [0, 0.05) is 47.9 Å². The van der Waals surface area contributed by atoms with Crippen molar-refractivity contribution in [2.75, 3.05) is 23.7 Å². The number of nitrogen functional groups attached to an aromatic ring is 1. The van der Waals surface area contributed by atoms with E-state index in [1.54, 1.807) is 36.1 Å². The Morgan fingerprint density at radius 2 is 2.03 bits per heavy atom. The van der Waals surface area contributed by atoms with Gasteiger partial charge in [-0.15, -0.1) is 0 Å². The van der Waals surface area contributed by atoms with E-state index >= 15 is 0 Å². The lowest BCUT2D eigenvalue weighted by molar-refractivity contribution is 0.141. The van der Waals surface area contributed by atoms with Crippen LogP contribution in [-0.4, -0.2) is 40.0 Å². The summed E-state index contributed by atoms with van der Waals surface area (Å²) in [6, 6.07) is 8.49. The topological polar surface area (TPSA) is 158 Å². The van der Waals surface area contributed by atoms with Crippen LogP contribution in [0.15, 0.2) is 36.7 Å². The summed E-state index contributed by atoms with van der Waals surface area (Å²) in [7, 11) is 0. The van der Waals surface area contributed by atoms with Crippen LogP contribution in [-0.2, 0) is 0 Å². The second-order valence-corrected chi connectivity index (χ2v) is 8.63. The molecule has 1 aliphatic heterocycles. The summed E-state index contributed by atoms with van der Waals surface area (Å²) in [5.41, 5.74) is 14.8. The SMILES string of the molecule is Cc1ncc(Cl)c([C@@H](N)Oc2ccc(N)c(C(=N)c3cnc(N4CC(O)C4)c(C#N)c3)c2)c1Cl. The third-order valence-corrected chi connectivity index (χ3v) is 6.24. The maximum absolute atomic E-state index is 9.57. The molecule has 9 nitrogen and oxygen atoms in total. The van der Waals surface area contributed by atoms with Gasteiger partial charge in [0.15, 0.2) is 6.23 Å². The molecule has 0 saturated carbocycles. The minimum absolute atomic E-state index is 0.0616. The largest absolute Gasteiger partial charge is 0.471 e. The Hall–Kier alpha value is -3.42. The summed E-state index contributed by atoms with van der Waals surface area (Å²) >= 11 is 12.5. The molecule has 1 aromatic carbocycles. The average Bonchev–Trinajstić information content (AvgIpc) is 2.80. The Morgan fingerprint density at radius 3 is 2.71 bits per heavy atom. The Balaban J connectivity index is 1.61. The molecule has 1 aliphatic rings. The molecule has 34 heavy (non-hydrogen) atoms. The minimum atomic E-state index is -0.981. The molecule has 0 amide bonds. The van der Waals surface area contributed by atoms with Gasteiger partial charge in [-0.2, -0.15) is 5.26 Å². The molecule has 1 atom stereocenters. The monoisotopic (exact) mass is 497 g/mol. The predicted octanol–water partition coefficient (Wildman–Crippen LogP) is 3.18. The first-order valence-electron chi connectivity index (χ1n) is 10.2. The highest BCUT2D eigenvalue weighted by molar-refractivity contribution is 6.36. The first-order chi connectivity index (χ1) is 16.2. The fourth-order valence-electron chi connectivity index (χ4n) is 3.58. The molecule has 0 unspecified atom stereocenters. The van der Waals surface area contributed by atoms with Crippen LogP contribution in [0.25, 0.3) is 0 Å². The summed E-state index contributed by atoms with van der Waals surface area (Å²) in [5.74, 6) is 0.824. The zero-order chi connectivity index (χ0) is 24.6. The first-order valence-corrected chi connectivity index (χ1v) is 11.0. The van der Waals surface area contributed by atoms with Gasteiger partial charge >= 0.3 is 0 Å². The molecule has 0 spiro atoms. The summed E-state index contributed by atoms with van der Waals surface area (Å²) in [6.45, 7) is 2.56. The normalized spacial score (nSPS) is 14.3. The number of β-amino-alcohol motifs (C(OH)–C–C–N with tert-alkyl or cyclic N) is 1. The molecular formula is C23H21Cl2N7O2. The van der Waals surface area contributed by atoms with Gasteiger partial charge in [-0.25, -0.2) is 4.98 Å². The minimum Gasteiger partial charge on any atom is -0.471 e. The number of aromatic nitrogens is 2. The highest BCUT2D eigenvalue weighted by Crippen LogP contribution is 2.33. The van der Waals surface area contributed by atoms with Crippen molar-refractivity contribution in [1.82, 2.24) is 9.97 Å². The van der Waals surface area contributed by atoms with E-state index in [0.29, 0.717) is 63.3 Å². The predicted molar refractivity (Wildman–Crippen MR) is 131 cm³/mol. The van der Waals surface area contributed by atoms with Crippen LogP contribution in [0, 0.1) is 23.7 Å². The van der Waals surface area contributed by atoms with Gasteiger partial charge in [0.25, 0.3) is 0 Å². The van der Waals surface area contributed by atoms with Crippen molar-refractivity contribution < 1.29 is 9.84 Å². The van der Waals surface area contributed by atoms with Crippen LogP contribution in [0.5, 0.6) is 5.75 Å². The van der Waals surface area contributed by atoms with Crippen molar-refractivity contribution in [2.45, 2.75) is 19.3 Å². The van der Waals surface area contributed by atoms with Gasteiger partial charge in [0.2, 0.25) is 0 Å². The van der Waals surface area contributed by atoms with E-state index in [1.807, 2.05) is 0 Å². The third kappa shape index (κ3) is 4.49. The van der Waals surface area contributed by atoms with Crippen LogP contribution in [0.1, 0.15) is 34.2 Å². The van der Waals surface area contributed by atoms with Crippen molar-refractivity contribution in [1.29, 1.82) is 10.7 Å².